The summed E-state index contributed by atoms with van der Waals surface area (Å²) in [5, 5.41) is 9.75. The maximum Gasteiger partial charge on any atom is 0.231 e. The van der Waals surface area contributed by atoms with Crippen LogP contribution in [0.4, 0.5) is 0 Å². The highest BCUT2D eigenvalue weighted by Crippen LogP contribution is 2.32. The van der Waals surface area contributed by atoms with E-state index >= 15 is 0 Å². The summed E-state index contributed by atoms with van der Waals surface area (Å²) in [4.78, 5) is 2.23. The van der Waals surface area contributed by atoms with Gasteiger partial charge in [0.15, 0.2) is 11.5 Å². The van der Waals surface area contributed by atoms with Gasteiger partial charge in [-0.3, -0.25) is 4.90 Å². The van der Waals surface area contributed by atoms with Gasteiger partial charge < -0.3 is 14.6 Å². The van der Waals surface area contributed by atoms with Crippen molar-refractivity contribution in [1.82, 2.24) is 4.90 Å². The Morgan fingerprint density at radius 1 is 1.00 bits per heavy atom. The molecule has 4 nitrogen and oxygen atoms in total. The standard InChI is InChI=1S/C18H21NO3/c1-14(20)10-19(11-15-5-3-2-4-6-15)12-16-7-8-17-18(9-16)22-13-21-17/h2-9,14,20H,10-13H2,1H3. The Morgan fingerprint density at radius 3 is 2.50 bits per heavy atom. The quantitative estimate of drug-likeness (QED) is 0.890. The van der Waals surface area contributed by atoms with Crippen LogP contribution >= 0.6 is 0 Å². The lowest BCUT2D eigenvalue weighted by atomic mass is 10.1. The van der Waals surface area contributed by atoms with Crippen molar-refractivity contribution in [2.24, 2.45) is 0 Å². The smallest absolute Gasteiger partial charge is 0.231 e. The Bertz CT molecular complexity index is 613. The van der Waals surface area contributed by atoms with Gasteiger partial charge in [-0.25, -0.2) is 0 Å². The number of rotatable bonds is 6. The van der Waals surface area contributed by atoms with Crippen LogP contribution in [0.1, 0.15) is 18.1 Å². The average molecular weight is 299 g/mol. The van der Waals surface area contributed by atoms with E-state index in [1.165, 1.54) is 5.56 Å². The summed E-state index contributed by atoms with van der Waals surface area (Å²) in [7, 11) is 0. The van der Waals surface area contributed by atoms with Crippen LogP contribution in [0.15, 0.2) is 48.5 Å². The van der Waals surface area contributed by atoms with E-state index < -0.39 is 0 Å². The third-order valence-electron chi connectivity index (χ3n) is 3.61. The number of ether oxygens (including phenoxy) is 2. The monoisotopic (exact) mass is 299 g/mol. The minimum absolute atomic E-state index is 0.292. The summed E-state index contributed by atoms with van der Waals surface area (Å²) >= 11 is 0. The lowest BCUT2D eigenvalue weighted by Crippen LogP contribution is -2.30. The molecule has 1 aliphatic heterocycles. The fourth-order valence-electron chi connectivity index (χ4n) is 2.70. The number of benzene rings is 2. The average Bonchev–Trinajstić information content (AvgIpc) is 2.95. The first-order valence-corrected chi connectivity index (χ1v) is 7.53. The van der Waals surface area contributed by atoms with Crippen molar-refractivity contribution in [2.75, 3.05) is 13.3 Å². The highest BCUT2D eigenvalue weighted by atomic mass is 16.7. The second-order valence-electron chi connectivity index (χ2n) is 5.69. The first-order chi connectivity index (χ1) is 10.7. The second kappa shape index (κ2) is 6.81. The first kappa shape index (κ1) is 14.9. The number of hydrogen-bond donors (Lipinski definition) is 1. The second-order valence-corrected chi connectivity index (χ2v) is 5.69. The first-order valence-electron chi connectivity index (χ1n) is 7.53. The summed E-state index contributed by atoms with van der Waals surface area (Å²) in [6.45, 7) is 4.30. The topological polar surface area (TPSA) is 41.9 Å². The zero-order valence-corrected chi connectivity index (χ0v) is 12.7. The van der Waals surface area contributed by atoms with Gasteiger partial charge in [-0.2, -0.15) is 0 Å². The number of fused-ring (bicyclic) bond motifs is 1. The zero-order valence-electron chi connectivity index (χ0n) is 12.7. The summed E-state index contributed by atoms with van der Waals surface area (Å²) in [5.74, 6) is 1.60. The zero-order chi connectivity index (χ0) is 15.4. The Kier molecular flexibility index (Phi) is 4.61. The summed E-state index contributed by atoms with van der Waals surface area (Å²) < 4.78 is 10.8. The van der Waals surface area contributed by atoms with Crippen LogP contribution in [-0.2, 0) is 13.1 Å². The molecule has 1 N–H and O–H groups in total. The molecule has 1 atom stereocenters. The molecule has 4 heteroatoms. The number of hydrogen-bond acceptors (Lipinski definition) is 4. The molecule has 1 unspecified atom stereocenters. The summed E-state index contributed by atoms with van der Waals surface area (Å²) in [5.41, 5.74) is 2.39. The van der Waals surface area contributed by atoms with E-state index in [-0.39, 0.29) is 6.10 Å². The molecule has 1 heterocycles. The van der Waals surface area contributed by atoms with Crippen molar-refractivity contribution in [2.45, 2.75) is 26.1 Å². The van der Waals surface area contributed by atoms with Gasteiger partial charge in [0.25, 0.3) is 0 Å². The molecule has 0 aromatic heterocycles. The molecule has 0 saturated carbocycles. The van der Waals surface area contributed by atoms with Crippen LogP contribution in [0.3, 0.4) is 0 Å². The van der Waals surface area contributed by atoms with Gasteiger partial charge in [0, 0.05) is 19.6 Å². The van der Waals surface area contributed by atoms with Gasteiger partial charge in [-0.1, -0.05) is 36.4 Å². The van der Waals surface area contributed by atoms with Gasteiger partial charge in [0.2, 0.25) is 6.79 Å². The predicted molar refractivity (Wildman–Crippen MR) is 84.8 cm³/mol. The molecular formula is C18H21NO3. The van der Waals surface area contributed by atoms with Crippen molar-refractivity contribution in [3.8, 4) is 11.5 Å². The van der Waals surface area contributed by atoms with Crippen molar-refractivity contribution in [3.05, 3.63) is 59.7 Å². The van der Waals surface area contributed by atoms with Crippen LogP contribution in [0, 0.1) is 0 Å². The van der Waals surface area contributed by atoms with Gasteiger partial charge in [-0.15, -0.1) is 0 Å². The Labute approximate surface area is 130 Å². The summed E-state index contributed by atoms with van der Waals surface area (Å²) in [6, 6.07) is 16.3. The number of aliphatic hydroxyl groups is 1. The molecule has 116 valence electrons. The van der Waals surface area contributed by atoms with Gasteiger partial charge in [-0.05, 0) is 30.2 Å². The summed E-state index contributed by atoms with van der Waals surface area (Å²) in [6.07, 6.45) is -0.363. The molecule has 2 aromatic carbocycles. The molecule has 0 aliphatic carbocycles. The largest absolute Gasteiger partial charge is 0.454 e. The van der Waals surface area contributed by atoms with E-state index in [9.17, 15) is 5.11 Å². The number of aliphatic hydroxyl groups excluding tert-OH is 1. The van der Waals surface area contributed by atoms with Crippen molar-refractivity contribution < 1.29 is 14.6 Å². The van der Waals surface area contributed by atoms with E-state index in [1.807, 2.05) is 43.3 Å². The molecule has 2 aromatic rings. The molecule has 0 fully saturated rings. The third kappa shape index (κ3) is 3.78. The molecule has 0 radical (unpaired) electrons. The highest BCUT2D eigenvalue weighted by Gasteiger charge is 2.15. The van der Waals surface area contributed by atoms with Crippen molar-refractivity contribution in [1.29, 1.82) is 0 Å². The highest BCUT2D eigenvalue weighted by molar-refractivity contribution is 5.44. The van der Waals surface area contributed by atoms with E-state index in [4.69, 9.17) is 9.47 Å². The van der Waals surface area contributed by atoms with Crippen LogP contribution in [-0.4, -0.2) is 29.4 Å². The maximum absolute atomic E-state index is 9.75. The number of nitrogens with zero attached hydrogens (tertiary/aromatic N) is 1. The molecule has 0 spiro atoms. The molecule has 1 aliphatic rings. The maximum atomic E-state index is 9.75. The van der Waals surface area contributed by atoms with Crippen LogP contribution in [0.2, 0.25) is 0 Å². The molecule has 0 amide bonds. The third-order valence-corrected chi connectivity index (χ3v) is 3.61. The minimum atomic E-state index is -0.363. The normalized spacial score (nSPS) is 14.3. The van der Waals surface area contributed by atoms with E-state index in [0.717, 1.165) is 30.2 Å². The molecule has 0 bridgehead atoms. The fourth-order valence-corrected chi connectivity index (χ4v) is 2.70. The van der Waals surface area contributed by atoms with E-state index in [2.05, 4.69) is 17.0 Å². The predicted octanol–water partition coefficient (Wildman–Crippen LogP) is 2.80. The lowest BCUT2D eigenvalue weighted by molar-refractivity contribution is 0.118. The minimum Gasteiger partial charge on any atom is -0.454 e. The Hall–Kier alpha value is -2.04. The van der Waals surface area contributed by atoms with Crippen LogP contribution in [0.25, 0.3) is 0 Å². The SMILES string of the molecule is CC(O)CN(Cc1ccccc1)Cc1ccc2c(c1)OCO2. The molecule has 0 saturated heterocycles. The van der Waals surface area contributed by atoms with E-state index in [1.54, 1.807) is 0 Å². The van der Waals surface area contributed by atoms with Gasteiger partial charge in [0.05, 0.1) is 6.10 Å². The Morgan fingerprint density at radius 2 is 1.73 bits per heavy atom. The van der Waals surface area contributed by atoms with Crippen LogP contribution < -0.4 is 9.47 Å². The molecule has 22 heavy (non-hydrogen) atoms. The molecule has 3 rings (SSSR count). The van der Waals surface area contributed by atoms with Gasteiger partial charge in [0.1, 0.15) is 0 Å². The van der Waals surface area contributed by atoms with Crippen molar-refractivity contribution >= 4 is 0 Å². The Balaban J connectivity index is 1.72. The molecular weight excluding hydrogens is 278 g/mol. The van der Waals surface area contributed by atoms with Gasteiger partial charge >= 0.3 is 0 Å². The van der Waals surface area contributed by atoms with Crippen LogP contribution in [0.5, 0.6) is 11.5 Å². The fraction of sp³-hybridized carbons (Fsp3) is 0.333. The van der Waals surface area contributed by atoms with Crippen molar-refractivity contribution in [3.63, 3.8) is 0 Å². The lowest BCUT2D eigenvalue weighted by Gasteiger charge is -2.24. The van der Waals surface area contributed by atoms with E-state index in [0.29, 0.717) is 13.3 Å².